The fraction of sp³-hybridized carbons (Fsp3) is 0.400. The number of esters is 1. The second-order valence-electron chi connectivity index (χ2n) is 10.5. The lowest BCUT2D eigenvalue weighted by Crippen LogP contribution is -2.44. The highest BCUT2D eigenvalue weighted by Crippen LogP contribution is 2.29. The molecule has 1 aromatic heterocycles. The molecule has 0 aliphatic carbocycles. The number of aromatic nitrogens is 2. The van der Waals surface area contributed by atoms with Crippen LogP contribution < -0.4 is 10.1 Å². The molecule has 0 saturated carbocycles. The van der Waals surface area contributed by atoms with E-state index in [1.54, 1.807) is 4.57 Å². The second-order valence-corrected chi connectivity index (χ2v) is 11.8. The number of likely N-dealkylation sites (tertiary alicyclic amines) is 1. The van der Waals surface area contributed by atoms with E-state index in [1.807, 2.05) is 0 Å². The highest BCUT2D eigenvalue weighted by molar-refractivity contribution is 7.86. The van der Waals surface area contributed by atoms with Gasteiger partial charge in [0.15, 0.2) is 5.82 Å². The molecule has 3 atom stereocenters. The molecule has 1 aliphatic heterocycles. The standard InChI is InChI=1S/C30H35FN4O8S/c1-3-4-5-6-10-24(34-18-27(32-19-34)33-28(36)23-9-7-8-11-26(23)44(39,40)41)29(37)35-17-22(16-25(35)30(38)42-2)43-21-14-12-20(31)13-15-21/h7-9,11-15,18-19,22,24-25H,3-6,10,16-17H2,1-2H3,(H,33,36)(H,39,40,41)/t22-,24+,25-/m0/s1. The molecular weight excluding hydrogens is 595 g/mol. The molecule has 0 radical (unpaired) electrons. The van der Waals surface area contributed by atoms with E-state index in [0.717, 1.165) is 25.3 Å². The van der Waals surface area contributed by atoms with Gasteiger partial charge in [-0.3, -0.25) is 14.1 Å². The van der Waals surface area contributed by atoms with Crippen molar-refractivity contribution in [3.05, 3.63) is 72.4 Å². The molecule has 0 unspecified atom stereocenters. The summed E-state index contributed by atoms with van der Waals surface area (Å²) in [4.78, 5) is 44.8. The van der Waals surface area contributed by atoms with E-state index < -0.39 is 50.9 Å². The van der Waals surface area contributed by atoms with Gasteiger partial charge < -0.3 is 24.3 Å². The first-order chi connectivity index (χ1) is 21.0. The van der Waals surface area contributed by atoms with Crippen molar-refractivity contribution >= 4 is 33.7 Å². The molecule has 0 bridgehead atoms. The van der Waals surface area contributed by atoms with Crippen LogP contribution in [0.3, 0.4) is 0 Å². The molecule has 12 nitrogen and oxygen atoms in total. The van der Waals surface area contributed by atoms with Gasteiger partial charge in [-0.25, -0.2) is 14.2 Å². The summed E-state index contributed by atoms with van der Waals surface area (Å²) in [5, 5.41) is 2.51. The van der Waals surface area contributed by atoms with E-state index in [0.29, 0.717) is 18.6 Å². The number of unbranched alkanes of at least 4 members (excludes halogenated alkanes) is 3. The number of carbonyl (C=O) groups is 3. The summed E-state index contributed by atoms with van der Waals surface area (Å²) < 4.78 is 58.9. The smallest absolute Gasteiger partial charge is 0.328 e. The number of carbonyl (C=O) groups excluding carboxylic acids is 3. The molecule has 44 heavy (non-hydrogen) atoms. The number of methoxy groups -OCH3 is 1. The Labute approximate surface area is 254 Å². The number of anilines is 1. The van der Waals surface area contributed by atoms with Crippen molar-refractivity contribution in [1.82, 2.24) is 14.5 Å². The van der Waals surface area contributed by atoms with Crippen molar-refractivity contribution in [3.8, 4) is 5.75 Å². The first-order valence-electron chi connectivity index (χ1n) is 14.2. The maximum Gasteiger partial charge on any atom is 0.328 e. The van der Waals surface area contributed by atoms with Crippen LogP contribution in [0.1, 0.15) is 61.8 Å². The Kier molecular flexibility index (Phi) is 10.7. The van der Waals surface area contributed by atoms with Gasteiger partial charge in [-0.05, 0) is 42.8 Å². The molecule has 3 aromatic rings. The Morgan fingerprint density at radius 3 is 2.52 bits per heavy atom. The first kappa shape index (κ1) is 32.6. The highest BCUT2D eigenvalue weighted by atomic mass is 32.2. The molecule has 1 saturated heterocycles. The quantitative estimate of drug-likeness (QED) is 0.160. The van der Waals surface area contributed by atoms with Crippen LogP contribution in [-0.4, -0.2) is 71.0 Å². The lowest BCUT2D eigenvalue weighted by atomic mass is 10.1. The molecule has 2 aromatic carbocycles. The molecule has 2 N–H and O–H groups in total. The van der Waals surface area contributed by atoms with Crippen molar-refractivity contribution < 1.29 is 41.2 Å². The number of hydrogen-bond acceptors (Lipinski definition) is 8. The van der Waals surface area contributed by atoms with Crippen LogP contribution in [0.5, 0.6) is 5.75 Å². The Balaban J connectivity index is 1.56. The topological polar surface area (TPSA) is 157 Å². The molecule has 14 heteroatoms. The van der Waals surface area contributed by atoms with Crippen LogP contribution in [0.15, 0.2) is 66.0 Å². The number of rotatable bonds is 13. The number of halogens is 1. The lowest BCUT2D eigenvalue weighted by Gasteiger charge is -2.28. The van der Waals surface area contributed by atoms with Crippen molar-refractivity contribution in [2.24, 2.45) is 0 Å². The van der Waals surface area contributed by atoms with Gasteiger partial charge in [-0.1, -0.05) is 44.7 Å². The van der Waals surface area contributed by atoms with Gasteiger partial charge in [0.05, 0.1) is 25.5 Å². The molecular formula is C30H35FN4O8S. The van der Waals surface area contributed by atoms with E-state index in [9.17, 15) is 31.7 Å². The number of benzene rings is 2. The number of nitrogens with zero attached hydrogens (tertiary/aromatic N) is 3. The molecule has 1 fully saturated rings. The third-order valence-electron chi connectivity index (χ3n) is 7.36. The second kappa shape index (κ2) is 14.4. The van der Waals surface area contributed by atoms with Crippen molar-refractivity contribution in [1.29, 1.82) is 0 Å². The lowest BCUT2D eigenvalue weighted by molar-refractivity contribution is -0.152. The number of amides is 2. The number of imidazole rings is 1. The zero-order valence-corrected chi connectivity index (χ0v) is 25.2. The zero-order chi connectivity index (χ0) is 31.9. The molecule has 0 spiro atoms. The van der Waals surface area contributed by atoms with E-state index >= 15 is 0 Å². The average Bonchev–Trinajstić information content (AvgIpc) is 3.64. The number of hydrogen-bond donors (Lipinski definition) is 2. The molecule has 4 rings (SSSR count). The van der Waals surface area contributed by atoms with E-state index in [1.165, 1.54) is 67.0 Å². The van der Waals surface area contributed by atoms with Crippen LogP contribution in [0.4, 0.5) is 10.2 Å². The maximum atomic E-state index is 14.1. The number of nitrogens with one attached hydrogen (secondary N) is 1. The SMILES string of the molecule is CCCCCC[C@H](C(=O)N1C[C@@H](Oc2ccc(F)cc2)C[C@H]1C(=O)OC)n1cnc(NC(=O)c2ccccc2S(=O)(=O)O)c1. The van der Waals surface area contributed by atoms with Crippen LogP contribution >= 0.6 is 0 Å². The predicted molar refractivity (Wildman–Crippen MR) is 157 cm³/mol. The van der Waals surface area contributed by atoms with Crippen LogP contribution in [0, 0.1) is 5.82 Å². The summed E-state index contributed by atoms with van der Waals surface area (Å²) in [6.45, 7) is 2.16. The van der Waals surface area contributed by atoms with Gasteiger partial charge in [0.2, 0.25) is 5.91 Å². The third kappa shape index (κ3) is 7.99. The normalized spacial score (nSPS) is 17.2. The molecule has 2 heterocycles. The Hall–Kier alpha value is -4.30. The fourth-order valence-electron chi connectivity index (χ4n) is 5.18. The molecule has 236 valence electrons. The van der Waals surface area contributed by atoms with Crippen LogP contribution in [-0.2, 0) is 24.4 Å². The van der Waals surface area contributed by atoms with Gasteiger partial charge in [0.1, 0.15) is 34.6 Å². The van der Waals surface area contributed by atoms with Crippen molar-refractivity contribution in [3.63, 3.8) is 0 Å². The molecule has 2 amide bonds. The summed E-state index contributed by atoms with van der Waals surface area (Å²) in [6, 6.07) is 8.95. The summed E-state index contributed by atoms with van der Waals surface area (Å²) in [6.07, 6.45) is 6.42. The summed E-state index contributed by atoms with van der Waals surface area (Å²) >= 11 is 0. The van der Waals surface area contributed by atoms with Crippen molar-refractivity contribution in [2.75, 3.05) is 19.0 Å². The fourth-order valence-corrected chi connectivity index (χ4v) is 5.87. The Morgan fingerprint density at radius 2 is 1.84 bits per heavy atom. The van der Waals surface area contributed by atoms with E-state index in [4.69, 9.17) is 9.47 Å². The summed E-state index contributed by atoms with van der Waals surface area (Å²) in [5.74, 6) is -1.75. The van der Waals surface area contributed by atoms with Gasteiger partial charge in [-0.15, -0.1) is 0 Å². The Bertz CT molecular complexity index is 1580. The number of ether oxygens (including phenoxy) is 2. The maximum absolute atomic E-state index is 14.1. The first-order valence-corrected chi connectivity index (χ1v) is 15.7. The largest absolute Gasteiger partial charge is 0.488 e. The predicted octanol–water partition coefficient (Wildman–Crippen LogP) is 4.25. The highest BCUT2D eigenvalue weighted by Gasteiger charge is 2.43. The van der Waals surface area contributed by atoms with Crippen LogP contribution in [0.2, 0.25) is 0 Å². The van der Waals surface area contributed by atoms with Gasteiger partial charge in [-0.2, -0.15) is 8.42 Å². The molecule has 1 aliphatic rings. The Morgan fingerprint density at radius 1 is 1.11 bits per heavy atom. The van der Waals surface area contributed by atoms with Gasteiger partial charge >= 0.3 is 5.97 Å². The van der Waals surface area contributed by atoms with E-state index in [-0.39, 0.29) is 30.3 Å². The summed E-state index contributed by atoms with van der Waals surface area (Å²) in [7, 11) is -3.41. The average molecular weight is 631 g/mol. The minimum atomic E-state index is -4.66. The van der Waals surface area contributed by atoms with E-state index in [2.05, 4.69) is 17.2 Å². The summed E-state index contributed by atoms with van der Waals surface area (Å²) in [5.41, 5.74) is -0.276. The van der Waals surface area contributed by atoms with Crippen molar-refractivity contribution in [2.45, 2.75) is 68.5 Å². The monoisotopic (exact) mass is 630 g/mol. The minimum absolute atomic E-state index is 0.0509. The van der Waals surface area contributed by atoms with Gasteiger partial charge in [0.25, 0.3) is 16.0 Å². The zero-order valence-electron chi connectivity index (χ0n) is 24.4. The van der Waals surface area contributed by atoms with Crippen LogP contribution in [0.25, 0.3) is 0 Å². The van der Waals surface area contributed by atoms with Gasteiger partial charge in [0, 0.05) is 12.6 Å². The third-order valence-corrected chi connectivity index (χ3v) is 8.28. The minimum Gasteiger partial charge on any atom is -0.488 e.